The highest BCUT2D eigenvalue weighted by Crippen LogP contribution is 2.67. The highest BCUT2D eigenvalue weighted by molar-refractivity contribution is 6.26. The number of benzene rings is 13. The second-order valence-electron chi connectivity index (χ2n) is 18.5. The Morgan fingerprint density at radius 3 is 1.27 bits per heavy atom. The fourth-order valence-corrected chi connectivity index (χ4v) is 12.9. The molecule has 13 aromatic rings. The molecule has 0 unspecified atom stereocenters. The lowest BCUT2D eigenvalue weighted by atomic mass is 9.68. The molecule has 0 saturated carbocycles. The molecule has 2 aliphatic carbocycles. The molecule has 0 heteroatoms. The largest absolute Gasteiger partial charge is 0.0732 e. The van der Waals surface area contributed by atoms with Gasteiger partial charge in [-0.05, 0) is 155 Å². The molecule has 0 N–H and O–H groups in total. The van der Waals surface area contributed by atoms with E-state index in [9.17, 15) is 0 Å². The average Bonchev–Trinajstić information content (AvgIpc) is 3.88. The highest BCUT2D eigenvalue weighted by atomic mass is 14.5. The minimum atomic E-state index is -0.540. The van der Waals surface area contributed by atoms with E-state index >= 15 is 0 Å². The second kappa shape index (κ2) is 13.7. The molecule has 0 amide bonds. The van der Waals surface area contributed by atoms with Gasteiger partial charge >= 0.3 is 0 Å². The van der Waals surface area contributed by atoms with Crippen molar-refractivity contribution >= 4 is 64.6 Å². The van der Waals surface area contributed by atoms with Crippen molar-refractivity contribution in [3.8, 4) is 55.6 Å². The lowest BCUT2D eigenvalue weighted by molar-refractivity contribution is 0.803. The van der Waals surface area contributed by atoms with Gasteiger partial charge in [-0.1, -0.05) is 231 Å². The van der Waals surface area contributed by atoms with Gasteiger partial charge in [0, 0.05) is 0 Å². The third-order valence-corrected chi connectivity index (χ3v) is 15.4. The van der Waals surface area contributed by atoms with Crippen LogP contribution in [0.2, 0.25) is 0 Å². The molecule has 308 valence electrons. The predicted octanol–water partition coefficient (Wildman–Crippen LogP) is 18.0. The van der Waals surface area contributed by atoms with Crippen molar-refractivity contribution in [1.82, 2.24) is 0 Å². The van der Waals surface area contributed by atoms with Gasteiger partial charge in [-0.2, -0.15) is 0 Å². The summed E-state index contributed by atoms with van der Waals surface area (Å²) in [5.41, 5.74) is 17.8. The van der Waals surface area contributed by atoms with E-state index in [1.165, 1.54) is 143 Å². The van der Waals surface area contributed by atoms with Crippen LogP contribution < -0.4 is 0 Å². The quantitative estimate of drug-likeness (QED) is 0.123. The van der Waals surface area contributed by atoms with Gasteiger partial charge in [0.1, 0.15) is 0 Å². The van der Waals surface area contributed by atoms with Gasteiger partial charge in [0.25, 0.3) is 0 Å². The van der Waals surface area contributed by atoms with Crippen molar-refractivity contribution in [2.24, 2.45) is 0 Å². The molecule has 67 heavy (non-hydrogen) atoms. The number of fused-ring (bicyclic) bond motifs is 20. The normalized spacial score (nSPS) is 13.2. The maximum atomic E-state index is 2.60. The maximum Gasteiger partial charge on any atom is 0.0732 e. The van der Waals surface area contributed by atoms with Crippen LogP contribution in [0.25, 0.3) is 120 Å². The van der Waals surface area contributed by atoms with Crippen molar-refractivity contribution in [3.05, 3.63) is 265 Å². The summed E-state index contributed by atoms with van der Waals surface area (Å²) in [6, 6.07) is 91.5. The van der Waals surface area contributed by atoms with Gasteiger partial charge in [0.15, 0.2) is 0 Å². The summed E-state index contributed by atoms with van der Waals surface area (Å²) in [6.45, 7) is 0. The standard InChI is InChI=1S/C67H40/c1-2-23-44-41(19-1)20-18-36-50(44)63-55-33-10-8-31-53(55)62(54-32-9-11-34-56(54)63)43-22-17-21-42(39-43)58-40-61-64(51-29-6-4-26-47(51)58)65-52-30-7-3-24-45(52)46-25-5-12-35-57(46)66(65)67(61)59-37-15-13-27-48(59)49-28-14-16-38-60(49)67/h1-40H. The van der Waals surface area contributed by atoms with Crippen molar-refractivity contribution < 1.29 is 0 Å². The monoisotopic (exact) mass is 844 g/mol. The topological polar surface area (TPSA) is 0 Å². The SMILES string of the molecule is c1cc(-c2cc3c(c4ccccc24)-c2c(c4ccccc4c4ccccc24)C32c3ccccc3-c3ccccc32)cc(-c2c3ccccc3c(-c3cccc4ccccc34)c3ccccc23)c1. The van der Waals surface area contributed by atoms with Gasteiger partial charge in [0.2, 0.25) is 0 Å². The molecule has 1 spiro atoms. The Labute approximate surface area is 388 Å². The molecule has 15 rings (SSSR count). The van der Waals surface area contributed by atoms with Crippen LogP contribution in [0.15, 0.2) is 243 Å². The molecule has 0 radical (unpaired) electrons. The van der Waals surface area contributed by atoms with Crippen LogP contribution >= 0.6 is 0 Å². The summed E-state index contributed by atoms with van der Waals surface area (Å²) in [4.78, 5) is 0. The van der Waals surface area contributed by atoms with Crippen molar-refractivity contribution in [2.75, 3.05) is 0 Å². The third kappa shape index (κ3) is 4.81. The second-order valence-corrected chi connectivity index (χ2v) is 18.5. The molecule has 0 bridgehead atoms. The van der Waals surface area contributed by atoms with Crippen LogP contribution in [0.4, 0.5) is 0 Å². The maximum absolute atomic E-state index is 2.60. The number of rotatable bonds is 3. The first kappa shape index (κ1) is 36.7. The van der Waals surface area contributed by atoms with E-state index in [-0.39, 0.29) is 0 Å². The van der Waals surface area contributed by atoms with E-state index < -0.39 is 5.41 Å². The zero-order valence-corrected chi connectivity index (χ0v) is 36.6. The van der Waals surface area contributed by atoms with E-state index in [0.29, 0.717) is 0 Å². The first-order chi connectivity index (χ1) is 33.3. The minimum absolute atomic E-state index is 0.540. The molecule has 13 aromatic carbocycles. The van der Waals surface area contributed by atoms with Gasteiger partial charge < -0.3 is 0 Å². The first-order valence-corrected chi connectivity index (χ1v) is 23.5. The van der Waals surface area contributed by atoms with Crippen LogP contribution in [0, 0.1) is 0 Å². The molecule has 0 saturated heterocycles. The first-order valence-electron chi connectivity index (χ1n) is 23.5. The van der Waals surface area contributed by atoms with Gasteiger partial charge in [-0.25, -0.2) is 0 Å². The van der Waals surface area contributed by atoms with Crippen LogP contribution in [0.5, 0.6) is 0 Å². The molecular weight excluding hydrogens is 805 g/mol. The average molecular weight is 845 g/mol. The van der Waals surface area contributed by atoms with E-state index in [2.05, 4.69) is 243 Å². The number of hydrogen-bond acceptors (Lipinski definition) is 0. The van der Waals surface area contributed by atoms with E-state index in [1.807, 2.05) is 0 Å². The van der Waals surface area contributed by atoms with Crippen molar-refractivity contribution in [2.45, 2.75) is 5.41 Å². The Bertz CT molecular complexity index is 4170. The lowest BCUT2D eigenvalue weighted by Gasteiger charge is -2.32. The van der Waals surface area contributed by atoms with Gasteiger partial charge in [0.05, 0.1) is 5.41 Å². The summed E-state index contributed by atoms with van der Waals surface area (Å²) in [6.07, 6.45) is 0. The van der Waals surface area contributed by atoms with Crippen LogP contribution in [-0.2, 0) is 5.41 Å². The molecule has 0 aliphatic heterocycles. The van der Waals surface area contributed by atoms with E-state index in [4.69, 9.17) is 0 Å². The molecule has 0 heterocycles. The summed E-state index contributed by atoms with van der Waals surface area (Å²) in [7, 11) is 0. The fraction of sp³-hybridized carbons (Fsp3) is 0.0149. The summed E-state index contributed by atoms with van der Waals surface area (Å²) < 4.78 is 0. The Balaban J connectivity index is 1.05. The summed E-state index contributed by atoms with van der Waals surface area (Å²) in [5, 5.41) is 15.3. The molecule has 2 aliphatic rings. The molecule has 0 fully saturated rings. The van der Waals surface area contributed by atoms with Gasteiger partial charge in [-0.3, -0.25) is 0 Å². The molecule has 0 nitrogen and oxygen atoms in total. The Hall–Kier alpha value is -8.58. The lowest BCUT2D eigenvalue weighted by Crippen LogP contribution is -2.26. The molecular formula is C67H40. The van der Waals surface area contributed by atoms with Crippen molar-refractivity contribution in [3.63, 3.8) is 0 Å². The van der Waals surface area contributed by atoms with E-state index in [1.54, 1.807) is 0 Å². The zero-order chi connectivity index (χ0) is 43.8. The van der Waals surface area contributed by atoms with Crippen LogP contribution in [0.1, 0.15) is 22.3 Å². The van der Waals surface area contributed by atoms with Crippen molar-refractivity contribution in [1.29, 1.82) is 0 Å². The highest BCUT2D eigenvalue weighted by Gasteiger charge is 2.53. The van der Waals surface area contributed by atoms with E-state index in [0.717, 1.165) is 0 Å². The smallest absolute Gasteiger partial charge is 0.0619 e. The molecule has 0 atom stereocenters. The van der Waals surface area contributed by atoms with Crippen LogP contribution in [0.3, 0.4) is 0 Å². The number of hydrogen-bond donors (Lipinski definition) is 0. The van der Waals surface area contributed by atoms with Crippen LogP contribution in [-0.4, -0.2) is 0 Å². The zero-order valence-electron chi connectivity index (χ0n) is 36.6. The fourth-order valence-electron chi connectivity index (χ4n) is 12.9. The molecule has 0 aromatic heterocycles. The summed E-state index contributed by atoms with van der Waals surface area (Å²) in [5.74, 6) is 0. The summed E-state index contributed by atoms with van der Waals surface area (Å²) >= 11 is 0. The minimum Gasteiger partial charge on any atom is -0.0619 e. The Morgan fingerprint density at radius 2 is 0.627 bits per heavy atom. The van der Waals surface area contributed by atoms with Gasteiger partial charge in [-0.15, -0.1) is 0 Å². The Morgan fingerprint density at radius 1 is 0.209 bits per heavy atom. The Kier molecular flexibility index (Phi) is 7.52. The predicted molar refractivity (Wildman–Crippen MR) is 284 cm³/mol. The third-order valence-electron chi connectivity index (χ3n) is 15.4.